The van der Waals surface area contributed by atoms with Crippen molar-refractivity contribution in [1.82, 2.24) is 4.90 Å². The van der Waals surface area contributed by atoms with Crippen molar-refractivity contribution in [2.45, 2.75) is 19.1 Å². The second-order valence-corrected chi connectivity index (χ2v) is 2.89. The van der Waals surface area contributed by atoms with E-state index in [1.807, 2.05) is 14.0 Å². The smallest absolute Gasteiger partial charge is 0.178 e. The Hall–Kier alpha value is -0.120. The van der Waals surface area contributed by atoms with Crippen molar-refractivity contribution in [3.05, 3.63) is 0 Å². The molecule has 0 saturated carbocycles. The molecule has 0 aliphatic carbocycles. The summed E-state index contributed by atoms with van der Waals surface area (Å²) in [6.07, 6.45) is 0.664. The molecule has 1 N–H and O–H groups in total. The zero-order valence-electron chi connectivity index (χ0n) is 6.63. The van der Waals surface area contributed by atoms with E-state index in [9.17, 15) is 5.11 Å². The van der Waals surface area contributed by atoms with E-state index >= 15 is 0 Å². The van der Waals surface area contributed by atoms with Crippen LogP contribution in [0.15, 0.2) is 0 Å². The summed E-state index contributed by atoms with van der Waals surface area (Å²) >= 11 is 0. The Morgan fingerprint density at radius 3 is 2.80 bits per heavy atom. The lowest BCUT2D eigenvalue weighted by Crippen LogP contribution is -2.49. The van der Waals surface area contributed by atoms with Gasteiger partial charge in [-0.15, -0.1) is 0 Å². The van der Waals surface area contributed by atoms with Crippen LogP contribution >= 0.6 is 0 Å². The third kappa shape index (κ3) is 1.68. The highest BCUT2D eigenvalue weighted by Gasteiger charge is 2.30. The van der Waals surface area contributed by atoms with Crippen LogP contribution in [0, 0.1) is 0 Å². The van der Waals surface area contributed by atoms with E-state index in [2.05, 4.69) is 4.90 Å². The number of ether oxygens (including phenoxy) is 1. The molecule has 1 rings (SSSR count). The molecule has 0 radical (unpaired) electrons. The zero-order valence-corrected chi connectivity index (χ0v) is 6.63. The summed E-state index contributed by atoms with van der Waals surface area (Å²) in [6, 6.07) is 0. The summed E-state index contributed by atoms with van der Waals surface area (Å²) in [4.78, 5) is 2.08. The number of nitrogens with zero attached hydrogens (tertiary/aromatic N) is 1. The Labute approximate surface area is 61.6 Å². The number of morpholine rings is 1. The average molecular weight is 145 g/mol. The molecule has 0 spiro atoms. The SMILES string of the molecule is CCC1(O)CN(C)CCO1. The topological polar surface area (TPSA) is 32.7 Å². The van der Waals surface area contributed by atoms with Crippen molar-refractivity contribution < 1.29 is 9.84 Å². The first-order chi connectivity index (χ1) is 4.66. The zero-order chi connectivity index (χ0) is 7.61. The maximum atomic E-state index is 9.59. The maximum absolute atomic E-state index is 9.59. The summed E-state index contributed by atoms with van der Waals surface area (Å²) in [6.45, 7) is 4.12. The highest BCUT2D eigenvalue weighted by atomic mass is 16.6. The molecule has 0 bridgehead atoms. The lowest BCUT2D eigenvalue weighted by atomic mass is 10.2. The molecular formula is C7H15NO2. The van der Waals surface area contributed by atoms with E-state index in [0.717, 1.165) is 6.54 Å². The third-order valence-electron chi connectivity index (χ3n) is 1.91. The molecule has 1 fully saturated rings. The molecule has 0 amide bonds. The first-order valence-electron chi connectivity index (χ1n) is 3.71. The van der Waals surface area contributed by atoms with Crippen LogP contribution in [-0.2, 0) is 4.74 Å². The van der Waals surface area contributed by atoms with Crippen LogP contribution in [-0.4, -0.2) is 42.5 Å². The van der Waals surface area contributed by atoms with Crippen LogP contribution in [0.5, 0.6) is 0 Å². The molecule has 10 heavy (non-hydrogen) atoms. The van der Waals surface area contributed by atoms with Crippen LogP contribution in [0.3, 0.4) is 0 Å². The minimum atomic E-state index is -0.882. The Morgan fingerprint density at radius 1 is 1.70 bits per heavy atom. The Morgan fingerprint density at radius 2 is 2.40 bits per heavy atom. The largest absolute Gasteiger partial charge is 0.364 e. The summed E-state index contributed by atoms with van der Waals surface area (Å²) < 4.78 is 5.20. The van der Waals surface area contributed by atoms with Crippen molar-refractivity contribution in [2.75, 3.05) is 26.7 Å². The van der Waals surface area contributed by atoms with Gasteiger partial charge in [0, 0.05) is 6.54 Å². The van der Waals surface area contributed by atoms with Crippen LogP contribution in [0.4, 0.5) is 0 Å². The van der Waals surface area contributed by atoms with Gasteiger partial charge in [0.2, 0.25) is 0 Å². The molecule has 1 aliphatic rings. The first-order valence-corrected chi connectivity index (χ1v) is 3.71. The predicted molar refractivity (Wildman–Crippen MR) is 38.7 cm³/mol. The van der Waals surface area contributed by atoms with Crippen molar-refractivity contribution >= 4 is 0 Å². The van der Waals surface area contributed by atoms with Gasteiger partial charge < -0.3 is 9.84 Å². The molecule has 0 aromatic rings. The second-order valence-electron chi connectivity index (χ2n) is 2.89. The van der Waals surface area contributed by atoms with Gasteiger partial charge in [-0.1, -0.05) is 6.92 Å². The maximum Gasteiger partial charge on any atom is 0.178 e. The molecule has 1 aliphatic heterocycles. The number of rotatable bonds is 1. The van der Waals surface area contributed by atoms with Crippen LogP contribution in [0.2, 0.25) is 0 Å². The van der Waals surface area contributed by atoms with E-state index in [0.29, 0.717) is 19.6 Å². The lowest BCUT2D eigenvalue weighted by Gasteiger charge is -2.36. The highest BCUT2D eigenvalue weighted by molar-refractivity contribution is 4.73. The number of hydrogen-bond donors (Lipinski definition) is 1. The highest BCUT2D eigenvalue weighted by Crippen LogP contribution is 2.16. The minimum absolute atomic E-state index is 0.628. The molecule has 0 aromatic heterocycles. The molecule has 1 unspecified atom stereocenters. The first kappa shape index (κ1) is 7.98. The number of likely N-dealkylation sites (N-methyl/N-ethyl adjacent to an activating group) is 1. The van der Waals surface area contributed by atoms with Gasteiger partial charge in [-0.05, 0) is 13.5 Å². The number of aliphatic hydroxyl groups is 1. The van der Waals surface area contributed by atoms with Gasteiger partial charge in [0.05, 0.1) is 13.2 Å². The fourth-order valence-corrected chi connectivity index (χ4v) is 1.15. The van der Waals surface area contributed by atoms with Gasteiger partial charge in [-0.25, -0.2) is 0 Å². The molecule has 1 heterocycles. The Bertz CT molecular complexity index is 118. The van der Waals surface area contributed by atoms with Gasteiger partial charge >= 0.3 is 0 Å². The summed E-state index contributed by atoms with van der Waals surface area (Å²) in [5.41, 5.74) is 0. The quantitative estimate of drug-likeness (QED) is 0.566. The molecular weight excluding hydrogens is 130 g/mol. The van der Waals surface area contributed by atoms with E-state index in [1.165, 1.54) is 0 Å². The van der Waals surface area contributed by atoms with E-state index < -0.39 is 5.79 Å². The standard InChI is InChI=1S/C7H15NO2/c1-3-7(9)6-8(2)4-5-10-7/h9H,3-6H2,1-2H3. The van der Waals surface area contributed by atoms with Gasteiger partial charge in [-0.2, -0.15) is 0 Å². The van der Waals surface area contributed by atoms with Crippen LogP contribution < -0.4 is 0 Å². The minimum Gasteiger partial charge on any atom is -0.364 e. The van der Waals surface area contributed by atoms with Crippen molar-refractivity contribution in [3.63, 3.8) is 0 Å². The average Bonchev–Trinajstić information content (AvgIpc) is 1.88. The second kappa shape index (κ2) is 2.86. The molecule has 3 heteroatoms. The lowest BCUT2D eigenvalue weighted by molar-refractivity contribution is -0.236. The molecule has 1 saturated heterocycles. The third-order valence-corrected chi connectivity index (χ3v) is 1.91. The molecule has 3 nitrogen and oxygen atoms in total. The fraction of sp³-hybridized carbons (Fsp3) is 1.00. The van der Waals surface area contributed by atoms with Gasteiger partial charge in [0.15, 0.2) is 5.79 Å². The van der Waals surface area contributed by atoms with E-state index in [4.69, 9.17) is 4.74 Å². The van der Waals surface area contributed by atoms with E-state index in [-0.39, 0.29) is 0 Å². The van der Waals surface area contributed by atoms with Gasteiger partial charge in [0.25, 0.3) is 0 Å². The number of hydrogen-bond acceptors (Lipinski definition) is 3. The van der Waals surface area contributed by atoms with E-state index in [1.54, 1.807) is 0 Å². The van der Waals surface area contributed by atoms with Crippen molar-refractivity contribution in [1.29, 1.82) is 0 Å². The monoisotopic (exact) mass is 145 g/mol. The van der Waals surface area contributed by atoms with Crippen molar-refractivity contribution in [2.24, 2.45) is 0 Å². The van der Waals surface area contributed by atoms with Crippen molar-refractivity contribution in [3.8, 4) is 0 Å². The molecule has 60 valence electrons. The Balaban J connectivity index is 2.45. The van der Waals surface area contributed by atoms with Gasteiger partial charge in [0.1, 0.15) is 0 Å². The normalized spacial score (nSPS) is 36.3. The van der Waals surface area contributed by atoms with Crippen LogP contribution in [0.1, 0.15) is 13.3 Å². The Kier molecular flexibility index (Phi) is 2.28. The molecule has 1 atom stereocenters. The van der Waals surface area contributed by atoms with Crippen LogP contribution in [0.25, 0.3) is 0 Å². The summed E-state index contributed by atoms with van der Waals surface area (Å²) in [7, 11) is 1.99. The number of β-amino-alcohol motifs (C(OH)–C–C–N with tert-alkyl or cyclic N) is 1. The predicted octanol–water partition coefficient (Wildman–Crippen LogP) is 0.0470. The summed E-state index contributed by atoms with van der Waals surface area (Å²) in [5, 5.41) is 9.59. The van der Waals surface area contributed by atoms with Gasteiger partial charge in [-0.3, -0.25) is 4.90 Å². The summed E-state index contributed by atoms with van der Waals surface area (Å²) in [5.74, 6) is -0.882. The molecule has 0 aromatic carbocycles. The fourth-order valence-electron chi connectivity index (χ4n) is 1.15.